The van der Waals surface area contributed by atoms with E-state index in [-0.39, 0.29) is 6.61 Å². The molecule has 0 bridgehead atoms. The standard InChI is InChI=1S/C15H30O5/c1-6-14(4,17)9-10-18-11-12-19-13(16)20-15(5,7-2)8-3/h17H,6-12H2,1-5H3. The molecule has 0 aromatic carbocycles. The van der Waals surface area contributed by atoms with E-state index in [1.165, 1.54) is 0 Å². The van der Waals surface area contributed by atoms with Gasteiger partial charge >= 0.3 is 6.16 Å². The second kappa shape index (κ2) is 9.19. The van der Waals surface area contributed by atoms with Crippen LogP contribution in [0.5, 0.6) is 0 Å². The molecule has 0 saturated heterocycles. The van der Waals surface area contributed by atoms with Gasteiger partial charge in [0.25, 0.3) is 0 Å². The average Bonchev–Trinajstić information content (AvgIpc) is 2.42. The average molecular weight is 290 g/mol. The monoisotopic (exact) mass is 290 g/mol. The van der Waals surface area contributed by atoms with E-state index in [0.717, 1.165) is 12.8 Å². The van der Waals surface area contributed by atoms with Crippen molar-refractivity contribution in [1.82, 2.24) is 0 Å². The summed E-state index contributed by atoms with van der Waals surface area (Å²) in [5.41, 5.74) is -1.15. The van der Waals surface area contributed by atoms with Gasteiger partial charge < -0.3 is 19.3 Å². The molecule has 0 saturated carbocycles. The molecule has 0 aliphatic rings. The maximum atomic E-state index is 11.5. The van der Waals surface area contributed by atoms with E-state index in [1.54, 1.807) is 6.92 Å². The molecule has 0 aromatic rings. The fourth-order valence-electron chi connectivity index (χ4n) is 1.38. The second-order valence-corrected chi connectivity index (χ2v) is 5.57. The Balaban J connectivity index is 3.68. The first-order valence-electron chi connectivity index (χ1n) is 7.44. The van der Waals surface area contributed by atoms with Gasteiger partial charge in [-0.1, -0.05) is 20.8 Å². The third kappa shape index (κ3) is 8.38. The summed E-state index contributed by atoms with van der Waals surface area (Å²) in [6.45, 7) is 10.5. The van der Waals surface area contributed by atoms with Crippen LogP contribution in [0, 0.1) is 0 Å². The zero-order valence-electron chi connectivity index (χ0n) is 13.5. The molecular weight excluding hydrogens is 260 g/mol. The highest BCUT2D eigenvalue weighted by atomic mass is 16.7. The molecule has 5 heteroatoms. The Hall–Kier alpha value is -0.810. The maximum absolute atomic E-state index is 11.5. The summed E-state index contributed by atoms with van der Waals surface area (Å²) in [7, 11) is 0. The molecule has 1 unspecified atom stereocenters. The molecule has 0 rings (SSSR count). The van der Waals surface area contributed by atoms with Gasteiger partial charge in [0.05, 0.1) is 12.2 Å². The third-order valence-electron chi connectivity index (χ3n) is 3.82. The minimum absolute atomic E-state index is 0.163. The van der Waals surface area contributed by atoms with Crippen molar-refractivity contribution in [3.05, 3.63) is 0 Å². The van der Waals surface area contributed by atoms with Crippen LogP contribution in [0.3, 0.4) is 0 Å². The van der Waals surface area contributed by atoms with E-state index in [4.69, 9.17) is 14.2 Å². The molecule has 1 atom stereocenters. The predicted octanol–water partition coefficient (Wildman–Crippen LogP) is 3.29. The molecule has 0 aromatic heterocycles. The lowest BCUT2D eigenvalue weighted by Crippen LogP contribution is -2.31. The number of hydrogen-bond donors (Lipinski definition) is 1. The number of ether oxygens (including phenoxy) is 3. The van der Waals surface area contributed by atoms with E-state index in [0.29, 0.717) is 26.1 Å². The highest BCUT2D eigenvalue weighted by Crippen LogP contribution is 2.19. The van der Waals surface area contributed by atoms with Crippen LogP contribution in [-0.2, 0) is 14.2 Å². The van der Waals surface area contributed by atoms with Crippen LogP contribution in [-0.4, -0.2) is 42.3 Å². The largest absolute Gasteiger partial charge is 0.508 e. The summed E-state index contributed by atoms with van der Waals surface area (Å²) >= 11 is 0. The van der Waals surface area contributed by atoms with E-state index < -0.39 is 17.4 Å². The molecular formula is C15H30O5. The van der Waals surface area contributed by atoms with Crippen LogP contribution in [0.25, 0.3) is 0 Å². The number of hydrogen-bond acceptors (Lipinski definition) is 5. The Morgan fingerprint density at radius 3 is 2.10 bits per heavy atom. The summed E-state index contributed by atoms with van der Waals surface area (Å²) in [4.78, 5) is 11.5. The Bertz CT molecular complexity index is 271. The normalized spacial score (nSPS) is 14.7. The van der Waals surface area contributed by atoms with Crippen molar-refractivity contribution in [1.29, 1.82) is 0 Å². The number of aliphatic hydroxyl groups is 1. The Kier molecular flexibility index (Phi) is 8.81. The summed E-state index contributed by atoms with van der Waals surface area (Å²) in [5, 5.41) is 9.76. The fourth-order valence-corrected chi connectivity index (χ4v) is 1.38. The van der Waals surface area contributed by atoms with Crippen LogP contribution in [0.2, 0.25) is 0 Å². The molecule has 0 heterocycles. The molecule has 0 spiro atoms. The van der Waals surface area contributed by atoms with Crippen LogP contribution in [0.15, 0.2) is 0 Å². The molecule has 0 fully saturated rings. The van der Waals surface area contributed by atoms with Gasteiger partial charge in [-0.25, -0.2) is 4.79 Å². The van der Waals surface area contributed by atoms with E-state index >= 15 is 0 Å². The van der Waals surface area contributed by atoms with Crippen molar-refractivity contribution in [2.24, 2.45) is 0 Å². The first kappa shape index (κ1) is 19.2. The number of carbonyl (C=O) groups is 1. The SMILES string of the molecule is CCC(C)(O)CCOCCOC(=O)OC(C)(CC)CC. The molecule has 20 heavy (non-hydrogen) atoms. The van der Waals surface area contributed by atoms with Crippen molar-refractivity contribution in [3.63, 3.8) is 0 Å². The maximum Gasteiger partial charge on any atom is 0.508 e. The molecule has 0 aliphatic carbocycles. The zero-order valence-corrected chi connectivity index (χ0v) is 13.5. The lowest BCUT2D eigenvalue weighted by atomic mass is 10.0. The summed E-state index contributed by atoms with van der Waals surface area (Å²) in [5.74, 6) is 0. The van der Waals surface area contributed by atoms with Gasteiger partial charge in [-0.15, -0.1) is 0 Å². The Morgan fingerprint density at radius 1 is 1.00 bits per heavy atom. The van der Waals surface area contributed by atoms with Crippen molar-refractivity contribution in [2.75, 3.05) is 19.8 Å². The van der Waals surface area contributed by atoms with Gasteiger partial charge in [0.1, 0.15) is 12.2 Å². The third-order valence-corrected chi connectivity index (χ3v) is 3.82. The molecule has 5 nitrogen and oxygen atoms in total. The van der Waals surface area contributed by atoms with Crippen LogP contribution in [0.1, 0.15) is 60.3 Å². The van der Waals surface area contributed by atoms with E-state index in [1.807, 2.05) is 27.7 Å². The van der Waals surface area contributed by atoms with Crippen molar-refractivity contribution >= 4 is 6.16 Å². The smallest absolute Gasteiger partial charge is 0.432 e. The van der Waals surface area contributed by atoms with Crippen molar-refractivity contribution in [3.8, 4) is 0 Å². The lowest BCUT2D eigenvalue weighted by Gasteiger charge is -2.26. The van der Waals surface area contributed by atoms with Gasteiger partial charge in [-0.05, 0) is 39.5 Å². The number of rotatable bonds is 10. The minimum Gasteiger partial charge on any atom is -0.432 e. The highest BCUT2D eigenvalue weighted by Gasteiger charge is 2.25. The summed E-state index contributed by atoms with van der Waals surface area (Å²) < 4.78 is 15.5. The van der Waals surface area contributed by atoms with Gasteiger partial charge in [0, 0.05) is 6.61 Å². The predicted molar refractivity (Wildman–Crippen MR) is 77.8 cm³/mol. The topological polar surface area (TPSA) is 65.0 Å². The van der Waals surface area contributed by atoms with Gasteiger partial charge in [0.15, 0.2) is 0 Å². The zero-order chi connectivity index (χ0) is 15.6. The van der Waals surface area contributed by atoms with Crippen LogP contribution < -0.4 is 0 Å². The molecule has 0 radical (unpaired) electrons. The lowest BCUT2D eigenvalue weighted by molar-refractivity contribution is -0.0419. The summed E-state index contributed by atoms with van der Waals surface area (Å²) in [6, 6.07) is 0. The van der Waals surface area contributed by atoms with Gasteiger partial charge in [0.2, 0.25) is 0 Å². The van der Waals surface area contributed by atoms with Crippen LogP contribution in [0.4, 0.5) is 4.79 Å². The first-order valence-corrected chi connectivity index (χ1v) is 7.44. The quantitative estimate of drug-likeness (QED) is 0.494. The first-order chi connectivity index (χ1) is 9.28. The molecule has 0 aliphatic heterocycles. The van der Waals surface area contributed by atoms with Crippen molar-refractivity contribution < 1.29 is 24.1 Å². The molecule has 0 amide bonds. The molecule has 1 N–H and O–H groups in total. The Labute approximate surface area is 122 Å². The fraction of sp³-hybridized carbons (Fsp3) is 0.933. The van der Waals surface area contributed by atoms with Gasteiger partial charge in [-0.2, -0.15) is 0 Å². The Morgan fingerprint density at radius 2 is 1.60 bits per heavy atom. The van der Waals surface area contributed by atoms with E-state index in [9.17, 15) is 9.90 Å². The van der Waals surface area contributed by atoms with Crippen molar-refractivity contribution in [2.45, 2.75) is 71.5 Å². The molecule has 120 valence electrons. The van der Waals surface area contributed by atoms with E-state index in [2.05, 4.69) is 0 Å². The second-order valence-electron chi connectivity index (χ2n) is 5.57. The summed E-state index contributed by atoms with van der Waals surface area (Å²) in [6.07, 6.45) is 2.10. The minimum atomic E-state index is -0.691. The number of carbonyl (C=O) groups excluding carboxylic acids is 1. The van der Waals surface area contributed by atoms with Crippen LogP contribution >= 0.6 is 0 Å². The van der Waals surface area contributed by atoms with Gasteiger partial charge in [-0.3, -0.25) is 0 Å². The highest BCUT2D eigenvalue weighted by molar-refractivity contribution is 5.60.